The monoisotopic (exact) mass is 295 g/mol. The molecule has 2 aromatic heterocycles. The Hall–Kier alpha value is -1.47. The molecule has 5 nitrogen and oxygen atoms in total. The van der Waals surface area contributed by atoms with E-state index in [0.29, 0.717) is 4.99 Å². The van der Waals surface area contributed by atoms with Crippen LogP contribution >= 0.6 is 23.6 Å². The third kappa shape index (κ3) is 2.76. The molecule has 0 aromatic carbocycles. The topological polar surface area (TPSA) is 68.8 Å². The summed E-state index contributed by atoms with van der Waals surface area (Å²) >= 11 is 6.75. The van der Waals surface area contributed by atoms with Gasteiger partial charge in [-0.15, -0.1) is 11.3 Å². The highest BCUT2D eigenvalue weighted by Crippen LogP contribution is 2.27. The van der Waals surface area contributed by atoms with E-state index >= 15 is 0 Å². The van der Waals surface area contributed by atoms with Crippen LogP contribution in [-0.2, 0) is 7.05 Å². The van der Waals surface area contributed by atoms with Crippen LogP contribution in [0.3, 0.4) is 0 Å². The lowest BCUT2D eigenvalue weighted by Crippen LogP contribution is -2.17. The molecule has 1 atom stereocenters. The Labute approximate surface area is 121 Å². The second-order valence-corrected chi connectivity index (χ2v) is 5.64. The fraction of sp³-hybridized carbons (Fsp3) is 0.417. The van der Waals surface area contributed by atoms with Crippen LogP contribution in [0.1, 0.15) is 35.7 Å². The third-order valence-electron chi connectivity index (χ3n) is 2.94. The number of nitrogens with zero attached hydrogens (tertiary/aromatic N) is 3. The van der Waals surface area contributed by atoms with E-state index in [1.54, 1.807) is 16.0 Å². The molecule has 102 valence electrons. The molecule has 0 aliphatic heterocycles. The number of nitrogens with one attached hydrogen (secondary N) is 1. The van der Waals surface area contributed by atoms with Gasteiger partial charge < -0.3 is 11.1 Å². The van der Waals surface area contributed by atoms with E-state index in [2.05, 4.69) is 22.3 Å². The summed E-state index contributed by atoms with van der Waals surface area (Å²) in [5, 5.41) is 10.8. The lowest BCUT2D eigenvalue weighted by molar-refractivity contribution is 0.701. The van der Waals surface area contributed by atoms with E-state index in [1.165, 1.54) is 0 Å². The van der Waals surface area contributed by atoms with Gasteiger partial charge in [0.15, 0.2) is 0 Å². The van der Waals surface area contributed by atoms with Crippen molar-refractivity contribution >= 4 is 34.4 Å². The van der Waals surface area contributed by atoms with Gasteiger partial charge in [-0.25, -0.2) is 4.98 Å². The van der Waals surface area contributed by atoms with Crippen molar-refractivity contribution in [1.82, 2.24) is 14.8 Å². The van der Waals surface area contributed by atoms with Gasteiger partial charge in [-0.05, 0) is 13.3 Å². The average molecular weight is 295 g/mol. The van der Waals surface area contributed by atoms with Gasteiger partial charge in [-0.1, -0.05) is 19.1 Å². The minimum atomic E-state index is 0.142. The standard InChI is InChI=1S/C12H17N5S2/c1-4-8(12-14-5-6-19-12)15-11-9(10(13)18)7(2)16-17(11)3/h5-6,8,15H,4H2,1-3H3,(H2,13,18). The fourth-order valence-corrected chi connectivity index (χ4v) is 3.05. The van der Waals surface area contributed by atoms with E-state index in [4.69, 9.17) is 18.0 Å². The molecule has 0 saturated carbocycles. The maximum Gasteiger partial charge on any atom is 0.135 e. The molecule has 19 heavy (non-hydrogen) atoms. The molecule has 2 heterocycles. The van der Waals surface area contributed by atoms with Gasteiger partial charge in [0.05, 0.1) is 17.3 Å². The highest BCUT2D eigenvalue weighted by atomic mass is 32.1. The van der Waals surface area contributed by atoms with Crippen molar-refractivity contribution in [3.63, 3.8) is 0 Å². The number of anilines is 1. The van der Waals surface area contributed by atoms with E-state index in [1.807, 2.05) is 25.5 Å². The third-order valence-corrected chi connectivity index (χ3v) is 4.03. The minimum Gasteiger partial charge on any atom is -0.389 e. The Balaban J connectivity index is 2.35. The molecule has 7 heteroatoms. The lowest BCUT2D eigenvalue weighted by atomic mass is 10.2. The largest absolute Gasteiger partial charge is 0.389 e. The van der Waals surface area contributed by atoms with Crippen molar-refractivity contribution in [3.8, 4) is 0 Å². The molecule has 1 unspecified atom stereocenters. The zero-order chi connectivity index (χ0) is 14.0. The number of hydrogen-bond acceptors (Lipinski definition) is 5. The molecular formula is C12H17N5S2. The van der Waals surface area contributed by atoms with Crippen LogP contribution in [-0.4, -0.2) is 19.8 Å². The second-order valence-electron chi connectivity index (χ2n) is 4.27. The Morgan fingerprint density at radius 2 is 2.37 bits per heavy atom. The summed E-state index contributed by atoms with van der Waals surface area (Å²) in [5.41, 5.74) is 7.44. The van der Waals surface area contributed by atoms with Gasteiger partial charge in [0, 0.05) is 18.6 Å². The molecule has 0 amide bonds. The molecule has 3 N–H and O–H groups in total. The molecular weight excluding hydrogens is 278 g/mol. The van der Waals surface area contributed by atoms with E-state index in [0.717, 1.165) is 28.5 Å². The maximum absolute atomic E-state index is 5.79. The molecule has 0 spiro atoms. The van der Waals surface area contributed by atoms with Crippen LogP contribution in [0.15, 0.2) is 11.6 Å². The number of aryl methyl sites for hydroxylation is 2. The van der Waals surface area contributed by atoms with Crippen LogP contribution in [0.4, 0.5) is 5.82 Å². The first-order chi connectivity index (χ1) is 9.04. The van der Waals surface area contributed by atoms with Gasteiger partial charge >= 0.3 is 0 Å². The Kier molecular flexibility index (Phi) is 4.16. The van der Waals surface area contributed by atoms with Crippen LogP contribution in [0.25, 0.3) is 0 Å². The van der Waals surface area contributed by atoms with Crippen LogP contribution in [0.2, 0.25) is 0 Å². The molecule has 2 aromatic rings. The predicted octanol–water partition coefficient (Wildman–Crippen LogP) is 2.38. The summed E-state index contributed by atoms with van der Waals surface area (Å²) < 4.78 is 1.78. The number of thiazole rings is 1. The van der Waals surface area contributed by atoms with E-state index in [-0.39, 0.29) is 6.04 Å². The maximum atomic E-state index is 5.79. The van der Waals surface area contributed by atoms with Gasteiger partial charge in [0.25, 0.3) is 0 Å². The molecule has 0 aliphatic carbocycles. The fourth-order valence-electron chi connectivity index (χ4n) is 2.03. The summed E-state index contributed by atoms with van der Waals surface area (Å²) in [5.74, 6) is 0.854. The Bertz CT molecular complexity index is 573. The molecule has 0 fully saturated rings. The second kappa shape index (κ2) is 5.66. The average Bonchev–Trinajstić information content (AvgIpc) is 2.94. The smallest absolute Gasteiger partial charge is 0.135 e. The SMILES string of the molecule is CCC(Nc1c(C(N)=S)c(C)nn1C)c1nccs1. The first kappa shape index (κ1) is 14.0. The summed E-state index contributed by atoms with van der Waals surface area (Å²) in [6.45, 7) is 4.02. The van der Waals surface area contributed by atoms with Gasteiger partial charge in [0.2, 0.25) is 0 Å². The first-order valence-electron chi connectivity index (χ1n) is 6.03. The molecule has 0 radical (unpaired) electrons. The normalized spacial score (nSPS) is 12.4. The number of aromatic nitrogens is 3. The van der Waals surface area contributed by atoms with Crippen molar-refractivity contribution in [2.24, 2.45) is 12.8 Å². The van der Waals surface area contributed by atoms with Crippen LogP contribution in [0, 0.1) is 6.92 Å². The summed E-state index contributed by atoms with van der Waals surface area (Å²) in [6.07, 6.45) is 2.74. The van der Waals surface area contributed by atoms with Crippen molar-refractivity contribution in [2.75, 3.05) is 5.32 Å². The van der Waals surface area contributed by atoms with Crippen LogP contribution in [0.5, 0.6) is 0 Å². The molecule has 0 bridgehead atoms. The molecule has 0 saturated heterocycles. The lowest BCUT2D eigenvalue weighted by Gasteiger charge is -2.17. The van der Waals surface area contributed by atoms with Gasteiger partial charge in [0.1, 0.15) is 15.8 Å². The number of nitrogens with two attached hydrogens (primary N) is 1. The number of thiocarbonyl (C=S) groups is 1. The van der Waals surface area contributed by atoms with E-state index in [9.17, 15) is 0 Å². The van der Waals surface area contributed by atoms with Gasteiger partial charge in [-0.2, -0.15) is 5.10 Å². The number of hydrogen-bond donors (Lipinski definition) is 2. The predicted molar refractivity (Wildman–Crippen MR) is 82.6 cm³/mol. The van der Waals surface area contributed by atoms with Crippen molar-refractivity contribution in [2.45, 2.75) is 26.3 Å². The zero-order valence-electron chi connectivity index (χ0n) is 11.2. The zero-order valence-corrected chi connectivity index (χ0v) is 12.8. The number of rotatable bonds is 5. The van der Waals surface area contributed by atoms with Crippen LogP contribution < -0.4 is 11.1 Å². The summed E-state index contributed by atoms with van der Waals surface area (Å²) in [4.78, 5) is 4.72. The molecule has 0 aliphatic rings. The summed E-state index contributed by atoms with van der Waals surface area (Å²) in [7, 11) is 1.88. The highest BCUT2D eigenvalue weighted by molar-refractivity contribution is 7.80. The van der Waals surface area contributed by atoms with Crippen molar-refractivity contribution in [3.05, 3.63) is 27.8 Å². The van der Waals surface area contributed by atoms with Crippen molar-refractivity contribution in [1.29, 1.82) is 0 Å². The Morgan fingerprint density at radius 1 is 1.63 bits per heavy atom. The highest BCUT2D eigenvalue weighted by Gasteiger charge is 2.20. The first-order valence-corrected chi connectivity index (χ1v) is 7.32. The van der Waals surface area contributed by atoms with Gasteiger partial charge in [-0.3, -0.25) is 4.68 Å². The summed E-state index contributed by atoms with van der Waals surface area (Å²) in [6, 6.07) is 0.142. The molecule has 2 rings (SSSR count). The minimum absolute atomic E-state index is 0.142. The quantitative estimate of drug-likeness (QED) is 0.829. The Morgan fingerprint density at radius 3 is 2.89 bits per heavy atom. The van der Waals surface area contributed by atoms with E-state index < -0.39 is 0 Å². The van der Waals surface area contributed by atoms with Crippen molar-refractivity contribution < 1.29 is 0 Å².